The lowest BCUT2D eigenvalue weighted by Gasteiger charge is -2.26. The molecule has 63 heavy (non-hydrogen) atoms. The van der Waals surface area contributed by atoms with Crippen molar-refractivity contribution in [3.63, 3.8) is 0 Å². The van der Waals surface area contributed by atoms with Crippen LogP contribution in [0.4, 0.5) is 17.1 Å². The smallest absolute Gasteiger partial charge is 0.0619 e. The van der Waals surface area contributed by atoms with Crippen molar-refractivity contribution in [3.05, 3.63) is 231 Å². The Kier molecular flexibility index (Phi) is 8.12. The van der Waals surface area contributed by atoms with E-state index in [9.17, 15) is 0 Å². The molecule has 2 aromatic heterocycles. The van der Waals surface area contributed by atoms with E-state index in [4.69, 9.17) is 0 Å². The average Bonchev–Trinajstić information content (AvgIpc) is 3.90. The zero-order valence-corrected chi connectivity index (χ0v) is 35.1. The molecule has 0 unspecified atom stereocenters. The van der Waals surface area contributed by atoms with Crippen LogP contribution < -0.4 is 4.90 Å². The van der Waals surface area contributed by atoms with Crippen LogP contribution in [0.3, 0.4) is 0 Å². The highest BCUT2D eigenvalue weighted by atomic mass is 32.1. The molecular formula is C60H38N2S. The van der Waals surface area contributed by atoms with E-state index in [1.807, 2.05) is 11.3 Å². The van der Waals surface area contributed by atoms with Gasteiger partial charge < -0.3 is 9.47 Å². The van der Waals surface area contributed by atoms with Crippen molar-refractivity contribution < 1.29 is 0 Å². The van der Waals surface area contributed by atoms with E-state index in [1.165, 1.54) is 96.5 Å². The highest BCUT2D eigenvalue weighted by Crippen LogP contribution is 2.43. The first-order valence-electron chi connectivity index (χ1n) is 21.6. The first-order valence-corrected chi connectivity index (χ1v) is 22.4. The van der Waals surface area contributed by atoms with E-state index in [0.717, 1.165) is 22.7 Å². The second kappa shape index (κ2) is 14.3. The molecule has 0 radical (unpaired) electrons. The van der Waals surface area contributed by atoms with Gasteiger partial charge in [0, 0.05) is 59.1 Å². The van der Waals surface area contributed by atoms with E-state index < -0.39 is 0 Å². The van der Waals surface area contributed by atoms with Crippen LogP contribution >= 0.6 is 11.3 Å². The zero-order chi connectivity index (χ0) is 41.4. The fourth-order valence-electron chi connectivity index (χ4n) is 9.99. The van der Waals surface area contributed by atoms with Crippen LogP contribution in [0.25, 0.3) is 102 Å². The minimum absolute atomic E-state index is 1.11. The zero-order valence-electron chi connectivity index (χ0n) is 34.2. The molecule has 294 valence electrons. The van der Waals surface area contributed by atoms with Crippen molar-refractivity contribution in [1.29, 1.82) is 0 Å². The van der Waals surface area contributed by atoms with Gasteiger partial charge in [0.2, 0.25) is 0 Å². The van der Waals surface area contributed by atoms with Gasteiger partial charge in [0.1, 0.15) is 0 Å². The molecule has 13 rings (SSSR count). The van der Waals surface area contributed by atoms with Gasteiger partial charge in [-0.25, -0.2) is 0 Å². The summed E-state index contributed by atoms with van der Waals surface area (Å²) in [5.41, 5.74) is 11.8. The van der Waals surface area contributed by atoms with E-state index in [0.29, 0.717) is 0 Å². The molecule has 3 heteroatoms. The lowest BCUT2D eigenvalue weighted by atomic mass is 9.93. The molecule has 0 saturated carbocycles. The molecule has 0 aliphatic carbocycles. The third-order valence-electron chi connectivity index (χ3n) is 13.0. The molecule has 0 amide bonds. The Balaban J connectivity index is 0.939. The monoisotopic (exact) mass is 818 g/mol. The first-order chi connectivity index (χ1) is 31.2. The summed E-state index contributed by atoms with van der Waals surface area (Å²) in [6.45, 7) is 0. The molecule has 0 bridgehead atoms. The summed E-state index contributed by atoms with van der Waals surface area (Å²) in [4.78, 5) is 2.40. The highest BCUT2D eigenvalue weighted by Gasteiger charge is 2.19. The van der Waals surface area contributed by atoms with Gasteiger partial charge >= 0.3 is 0 Å². The number of thiophene rings is 1. The average molecular weight is 819 g/mol. The summed E-state index contributed by atoms with van der Waals surface area (Å²) in [6.07, 6.45) is 0. The summed E-state index contributed by atoms with van der Waals surface area (Å²) in [7, 11) is 0. The van der Waals surface area contributed by atoms with Gasteiger partial charge in [-0.05, 0) is 116 Å². The number of anilines is 3. The maximum absolute atomic E-state index is 2.45. The highest BCUT2D eigenvalue weighted by molar-refractivity contribution is 7.25. The molecule has 0 fully saturated rings. The molecule has 2 heterocycles. The van der Waals surface area contributed by atoms with Gasteiger partial charge in [-0.15, -0.1) is 11.3 Å². The number of hydrogen-bond donors (Lipinski definition) is 0. The van der Waals surface area contributed by atoms with Gasteiger partial charge in [-0.2, -0.15) is 0 Å². The summed E-state index contributed by atoms with van der Waals surface area (Å²) < 4.78 is 5.04. The van der Waals surface area contributed by atoms with Crippen LogP contribution in [-0.2, 0) is 0 Å². The van der Waals surface area contributed by atoms with E-state index in [2.05, 4.69) is 240 Å². The van der Waals surface area contributed by atoms with E-state index >= 15 is 0 Å². The number of hydrogen-bond acceptors (Lipinski definition) is 2. The molecular weight excluding hydrogens is 781 g/mol. The molecule has 13 aromatic rings. The molecule has 0 aliphatic rings. The Morgan fingerprint density at radius 3 is 1.68 bits per heavy atom. The van der Waals surface area contributed by atoms with Crippen LogP contribution in [0.5, 0.6) is 0 Å². The van der Waals surface area contributed by atoms with Crippen molar-refractivity contribution in [2.24, 2.45) is 0 Å². The number of aromatic nitrogens is 1. The molecule has 0 atom stereocenters. The van der Waals surface area contributed by atoms with Crippen LogP contribution in [0.1, 0.15) is 0 Å². The summed E-state index contributed by atoms with van der Waals surface area (Å²) in [5.74, 6) is 0. The topological polar surface area (TPSA) is 8.17 Å². The van der Waals surface area contributed by atoms with Crippen molar-refractivity contribution in [3.8, 4) is 27.9 Å². The summed E-state index contributed by atoms with van der Waals surface area (Å²) in [5, 5.41) is 12.7. The van der Waals surface area contributed by atoms with Crippen LogP contribution in [0, 0.1) is 0 Å². The fraction of sp³-hybridized carbons (Fsp3) is 0. The Morgan fingerprint density at radius 2 is 0.889 bits per heavy atom. The Bertz CT molecular complexity index is 3900. The standard InChI is InChI=1S/C60H38N2S/c1-2-14-44(15-3-1)62-57-37-42(27-33-52(57)55-34-26-40-12-4-7-17-49(40)60(55)62)39-22-28-45(29-23-39)61(47-32-35-54-53-20-10-11-21-58(53)63-59(54)38-47)46-30-24-41(25-31-46)56-36-43-13-5-6-16-48(43)50-18-8-9-19-51(50)56/h1-38H. The normalized spacial score (nSPS) is 11.8. The van der Waals surface area contributed by atoms with Crippen molar-refractivity contribution in [2.45, 2.75) is 0 Å². The molecule has 0 N–H and O–H groups in total. The largest absolute Gasteiger partial charge is 0.310 e. The molecule has 0 aliphatic heterocycles. The molecule has 2 nitrogen and oxygen atoms in total. The van der Waals surface area contributed by atoms with Crippen molar-refractivity contribution in [2.75, 3.05) is 4.90 Å². The Hall–Kier alpha value is -7.98. The van der Waals surface area contributed by atoms with Gasteiger partial charge in [0.05, 0.1) is 11.0 Å². The van der Waals surface area contributed by atoms with E-state index in [1.54, 1.807) is 0 Å². The van der Waals surface area contributed by atoms with Crippen LogP contribution in [0.15, 0.2) is 231 Å². The van der Waals surface area contributed by atoms with Crippen molar-refractivity contribution >= 4 is 103 Å². The van der Waals surface area contributed by atoms with Gasteiger partial charge in [-0.3, -0.25) is 0 Å². The lowest BCUT2D eigenvalue weighted by molar-refractivity contribution is 1.19. The van der Waals surface area contributed by atoms with Gasteiger partial charge in [-0.1, -0.05) is 164 Å². The third-order valence-corrected chi connectivity index (χ3v) is 14.1. The number of para-hydroxylation sites is 1. The fourth-order valence-corrected chi connectivity index (χ4v) is 11.1. The van der Waals surface area contributed by atoms with Crippen LogP contribution in [0.2, 0.25) is 0 Å². The maximum Gasteiger partial charge on any atom is 0.0619 e. The summed E-state index contributed by atoms with van der Waals surface area (Å²) in [6, 6.07) is 84.7. The van der Waals surface area contributed by atoms with Gasteiger partial charge in [0.25, 0.3) is 0 Å². The predicted octanol–water partition coefficient (Wildman–Crippen LogP) is 17.4. The van der Waals surface area contributed by atoms with Crippen molar-refractivity contribution in [1.82, 2.24) is 4.57 Å². The second-order valence-corrected chi connectivity index (χ2v) is 17.6. The molecule has 0 spiro atoms. The number of rotatable bonds is 6. The SMILES string of the molecule is c1ccc(-n2c3cc(-c4ccc(N(c5ccc(-c6cc7ccccc7c7ccccc67)cc5)c5ccc6c(c5)sc5ccccc56)cc4)ccc3c3ccc4ccccc4c32)cc1. The Labute approximate surface area is 368 Å². The number of fused-ring (bicyclic) bond motifs is 11. The van der Waals surface area contributed by atoms with Crippen LogP contribution in [-0.4, -0.2) is 4.57 Å². The first kappa shape index (κ1) is 35.7. The number of nitrogens with zero attached hydrogens (tertiary/aromatic N) is 2. The number of benzene rings is 11. The maximum atomic E-state index is 2.45. The molecule has 0 saturated heterocycles. The third kappa shape index (κ3) is 5.78. The minimum atomic E-state index is 1.11. The van der Waals surface area contributed by atoms with Gasteiger partial charge in [0.15, 0.2) is 0 Å². The minimum Gasteiger partial charge on any atom is -0.310 e. The lowest BCUT2D eigenvalue weighted by Crippen LogP contribution is -2.09. The summed E-state index contributed by atoms with van der Waals surface area (Å²) >= 11 is 1.86. The second-order valence-electron chi connectivity index (χ2n) is 16.5. The Morgan fingerprint density at radius 1 is 0.317 bits per heavy atom. The van der Waals surface area contributed by atoms with E-state index in [-0.39, 0.29) is 0 Å². The predicted molar refractivity (Wildman–Crippen MR) is 272 cm³/mol. The quantitative estimate of drug-likeness (QED) is 0.152. The molecule has 11 aromatic carbocycles.